The number of primary amides is 1. The molecule has 9 N–H and O–H groups in total. The van der Waals surface area contributed by atoms with Crippen molar-refractivity contribution >= 4 is 109 Å². The molecule has 6 aromatic rings. The van der Waals surface area contributed by atoms with E-state index in [-0.39, 0.29) is 73.5 Å². The van der Waals surface area contributed by atoms with Crippen LogP contribution < -0.4 is 42.0 Å². The summed E-state index contributed by atoms with van der Waals surface area (Å²) in [7, 11) is 4.70. The molecule has 1 fully saturated rings. The van der Waals surface area contributed by atoms with E-state index in [0.29, 0.717) is 87.3 Å². The van der Waals surface area contributed by atoms with Crippen molar-refractivity contribution in [2.75, 3.05) is 88.6 Å². The van der Waals surface area contributed by atoms with E-state index in [2.05, 4.69) is 41.5 Å². The molecule has 0 bridgehead atoms. The number of carbonyl (C=O) groups is 8. The molecule has 0 aliphatic carbocycles. The predicted molar refractivity (Wildman–Crippen MR) is 288 cm³/mol. The number of aryl methyl sites for hydroxylation is 1. The summed E-state index contributed by atoms with van der Waals surface area (Å²) in [6, 6.07) is 11.9. The van der Waals surface area contributed by atoms with Crippen LogP contribution in [0, 0.1) is 12.8 Å². The molecule has 0 radical (unpaired) electrons. The summed E-state index contributed by atoms with van der Waals surface area (Å²) in [5.74, 6) is -3.84. The number of H-pyrrole nitrogens is 2. The number of esters is 1. The van der Waals surface area contributed by atoms with Crippen LogP contribution in [0.15, 0.2) is 59.0 Å². The van der Waals surface area contributed by atoms with Crippen molar-refractivity contribution < 1.29 is 57.0 Å². The van der Waals surface area contributed by atoms with E-state index in [4.69, 9.17) is 36.0 Å². The first kappa shape index (κ1) is 55.1. The Morgan fingerprint density at radius 2 is 1.66 bits per heavy atom. The van der Waals surface area contributed by atoms with E-state index in [0.717, 1.165) is 0 Å². The van der Waals surface area contributed by atoms with E-state index in [1.54, 1.807) is 80.3 Å². The number of fused-ring (bicyclic) bond motifs is 5. The van der Waals surface area contributed by atoms with Crippen molar-refractivity contribution in [2.24, 2.45) is 11.7 Å². The quantitative estimate of drug-likeness (QED) is 0.0282. The number of carbonyl (C=O) groups excluding carboxylic acids is 8. The number of ether oxygens (including phenoxy) is 3. The largest absolute Gasteiger partial charge is 0.465 e. The number of piperazine rings is 1. The number of furan rings is 1. The fraction of sp³-hybridized carbons (Fsp3) is 0.396. The molecule has 408 valence electrons. The monoisotopic (exact) mass is 1080 g/mol. The number of likely N-dealkylation sites (N-methyl/N-ethyl adjacent to an activating group) is 1. The van der Waals surface area contributed by atoms with Crippen LogP contribution in [-0.4, -0.2) is 153 Å². The topological polar surface area (TPSA) is 305 Å². The fourth-order valence-corrected chi connectivity index (χ4v) is 9.87. The third-order valence-electron chi connectivity index (χ3n) is 13.7. The van der Waals surface area contributed by atoms with E-state index in [1.165, 1.54) is 19.1 Å². The van der Waals surface area contributed by atoms with E-state index < -0.39 is 65.6 Å². The number of methoxy groups -OCH3 is 2. The van der Waals surface area contributed by atoms with Crippen LogP contribution >= 0.6 is 11.6 Å². The molecule has 8 amide bonds. The maximum absolute atomic E-state index is 14.6. The molecule has 1 saturated heterocycles. The van der Waals surface area contributed by atoms with Gasteiger partial charge in [0.05, 0.1) is 41.7 Å². The number of hydrogen-bond acceptors (Lipinski definition) is 13. The zero-order chi connectivity index (χ0) is 55.2. The lowest BCUT2D eigenvalue weighted by molar-refractivity contribution is -0.132. The number of benzene rings is 3. The number of aromatic nitrogens is 2. The predicted octanol–water partition coefficient (Wildman–Crippen LogP) is 5.52. The molecule has 0 saturated carbocycles. The normalized spacial score (nSPS) is 15.3. The molecule has 77 heavy (non-hydrogen) atoms. The molecule has 2 aliphatic heterocycles. The highest BCUT2D eigenvalue weighted by atomic mass is 35.5. The number of para-hydroxylation sites is 1. The number of amides is 8. The molecular formula is C53H62ClN11O12. The summed E-state index contributed by atoms with van der Waals surface area (Å²) in [5.41, 5.74) is 8.91. The van der Waals surface area contributed by atoms with Crippen molar-refractivity contribution in [3.05, 3.63) is 82.9 Å². The van der Waals surface area contributed by atoms with Gasteiger partial charge >= 0.3 is 18.1 Å². The van der Waals surface area contributed by atoms with Gasteiger partial charge in [-0.1, -0.05) is 26.0 Å². The minimum absolute atomic E-state index is 0.0297. The number of aromatic amines is 2. The number of nitrogens with two attached hydrogens (primary N) is 1. The zero-order valence-electron chi connectivity index (χ0n) is 43.5. The lowest BCUT2D eigenvalue weighted by Crippen LogP contribution is -2.54. The van der Waals surface area contributed by atoms with Gasteiger partial charge in [-0.3, -0.25) is 24.0 Å². The smallest absolute Gasteiger partial charge is 0.415 e. The summed E-state index contributed by atoms with van der Waals surface area (Å²) in [6.45, 7) is 7.88. The number of anilines is 3. The summed E-state index contributed by atoms with van der Waals surface area (Å²) in [4.78, 5) is 118. The lowest BCUT2D eigenvalue weighted by atomic mass is 9.95. The Bertz CT molecular complexity index is 3270. The molecule has 3 atom stereocenters. The first-order valence-electron chi connectivity index (χ1n) is 25.1. The van der Waals surface area contributed by atoms with Crippen molar-refractivity contribution in [3.8, 4) is 5.75 Å². The standard InChI is InChI=1S/C53H62ClN11O12/c1-27(2)44(62-40(66)14-20-74-5)49(69)61-34(11-8-15-56-52(55)72)47(67)60-33-10-7-9-29-22-35(59-45(29)33)48(68)58-32-12-13-37-30(21-32)23-39(76-37)50(70)65-26-31(25-54)42-36(65)24-38(77-53(73)64-18-16-63(4)17-19-64)46-43(42)41(28(3)57-46)51(71)75-6/h7,9-10,12-13,21-24,27,31,34,44,57,59H,8,11,14-20,25-26H2,1-6H3,(H,58,68)(H,60,67)(H,61,69)(H,62,66)(H3,55,56,72)/t31-,34+,44+/m1/s1. The summed E-state index contributed by atoms with van der Waals surface area (Å²) < 4.78 is 22.3. The SMILES string of the molecule is COCCC(=O)N[C@H](C(=O)N[C@@H](CCCNC(N)=O)C(=O)Nc1cccc2cc(C(=O)Nc3ccc4oc(C(=O)N5C[C@@H](CCl)c6c5cc(OC(=O)N5CCN(C)CC5)c5[nH]c(C)c(C(=O)OC)c65)cc4c3)[nH]c12)C(C)C. The second kappa shape index (κ2) is 23.8. The van der Waals surface area contributed by atoms with E-state index in [1.807, 2.05) is 7.05 Å². The average Bonchev–Trinajstić information content (AvgIpc) is 4.26. The minimum atomic E-state index is -1.11. The van der Waals surface area contributed by atoms with Crippen molar-refractivity contribution in [1.82, 2.24) is 35.7 Å². The number of halogens is 1. The average molecular weight is 1080 g/mol. The highest BCUT2D eigenvalue weighted by molar-refractivity contribution is 6.20. The van der Waals surface area contributed by atoms with Crippen LogP contribution in [0.1, 0.15) is 81.7 Å². The molecule has 0 unspecified atom stereocenters. The molecule has 2 aliphatic rings. The Morgan fingerprint density at radius 1 is 0.896 bits per heavy atom. The number of alkyl halides is 1. The van der Waals surface area contributed by atoms with Gasteiger partial charge in [0.2, 0.25) is 17.7 Å². The fourth-order valence-electron chi connectivity index (χ4n) is 9.62. The Morgan fingerprint density at radius 3 is 2.36 bits per heavy atom. The minimum Gasteiger partial charge on any atom is -0.465 e. The van der Waals surface area contributed by atoms with Gasteiger partial charge in [-0.05, 0) is 74.7 Å². The molecule has 5 heterocycles. The molecular weight excluding hydrogens is 1020 g/mol. The van der Waals surface area contributed by atoms with E-state index in [9.17, 15) is 38.4 Å². The maximum atomic E-state index is 14.6. The Kier molecular flexibility index (Phi) is 17.0. The van der Waals surface area contributed by atoms with Gasteiger partial charge in [0.15, 0.2) is 11.5 Å². The maximum Gasteiger partial charge on any atom is 0.415 e. The Balaban J connectivity index is 1.00. The molecule has 0 spiro atoms. The van der Waals surface area contributed by atoms with Gasteiger partial charge in [0, 0.05) is 98.2 Å². The number of rotatable bonds is 19. The molecule has 3 aromatic carbocycles. The number of urea groups is 1. The summed E-state index contributed by atoms with van der Waals surface area (Å²) in [5, 5.41) is 15.2. The van der Waals surface area contributed by atoms with Gasteiger partial charge < -0.3 is 75.6 Å². The first-order chi connectivity index (χ1) is 36.9. The van der Waals surface area contributed by atoms with Gasteiger partial charge in [0.25, 0.3) is 11.8 Å². The summed E-state index contributed by atoms with van der Waals surface area (Å²) in [6.07, 6.45) is -0.175. The first-order valence-corrected chi connectivity index (χ1v) is 25.6. The van der Waals surface area contributed by atoms with Crippen LogP contribution in [0.25, 0.3) is 32.8 Å². The highest BCUT2D eigenvalue weighted by Crippen LogP contribution is 2.48. The third-order valence-corrected chi connectivity index (χ3v) is 14.0. The molecule has 23 nitrogen and oxygen atoms in total. The van der Waals surface area contributed by atoms with Crippen LogP contribution in [0.5, 0.6) is 5.75 Å². The van der Waals surface area contributed by atoms with E-state index >= 15 is 0 Å². The number of hydrogen-bond donors (Lipinski definition) is 8. The third kappa shape index (κ3) is 12.1. The molecule has 24 heteroatoms. The lowest BCUT2D eigenvalue weighted by Gasteiger charge is -2.31. The van der Waals surface area contributed by atoms with Crippen LogP contribution in [0.3, 0.4) is 0 Å². The van der Waals surface area contributed by atoms with Gasteiger partial charge in [-0.25, -0.2) is 14.4 Å². The van der Waals surface area contributed by atoms with Gasteiger partial charge in [0.1, 0.15) is 23.4 Å². The number of nitrogens with zero attached hydrogens (tertiary/aromatic N) is 3. The van der Waals surface area contributed by atoms with Crippen LogP contribution in [0.2, 0.25) is 0 Å². The van der Waals surface area contributed by atoms with Crippen LogP contribution in [0.4, 0.5) is 26.7 Å². The van der Waals surface area contributed by atoms with Crippen molar-refractivity contribution in [2.45, 2.75) is 58.0 Å². The molecule has 3 aromatic heterocycles. The second-order valence-corrected chi connectivity index (χ2v) is 19.7. The number of nitrogens with one attached hydrogen (secondary N) is 7. The highest BCUT2D eigenvalue weighted by Gasteiger charge is 2.40. The summed E-state index contributed by atoms with van der Waals surface area (Å²) >= 11 is 6.60. The van der Waals surface area contributed by atoms with Gasteiger partial charge in [-0.15, -0.1) is 11.6 Å². The van der Waals surface area contributed by atoms with Crippen molar-refractivity contribution in [1.29, 1.82) is 0 Å². The van der Waals surface area contributed by atoms with Crippen LogP contribution in [-0.2, 0) is 23.9 Å². The van der Waals surface area contributed by atoms with Gasteiger partial charge in [-0.2, -0.15) is 0 Å². The Hall–Kier alpha value is -8.15. The molecule has 8 rings (SSSR count). The second-order valence-electron chi connectivity index (χ2n) is 19.4. The van der Waals surface area contributed by atoms with Crippen molar-refractivity contribution in [3.63, 3.8) is 0 Å². The zero-order valence-corrected chi connectivity index (χ0v) is 44.2. The Labute approximate surface area is 447 Å².